The van der Waals surface area contributed by atoms with E-state index in [0.29, 0.717) is 11.1 Å². The highest BCUT2D eigenvalue weighted by Gasteiger charge is 2.11. The zero-order chi connectivity index (χ0) is 14.6. The van der Waals surface area contributed by atoms with Gasteiger partial charge in [0.15, 0.2) is 11.6 Å². The molecule has 6 nitrogen and oxygen atoms in total. The molecule has 2 aromatic rings. The summed E-state index contributed by atoms with van der Waals surface area (Å²) in [7, 11) is -3.45. The van der Waals surface area contributed by atoms with Crippen molar-refractivity contribution in [2.24, 2.45) is 0 Å². The maximum atomic E-state index is 11.9. The molecule has 0 bridgehead atoms. The molecule has 1 aromatic heterocycles. The molecule has 0 aliphatic rings. The molecule has 0 atom stereocenters. The van der Waals surface area contributed by atoms with Crippen LogP contribution in [-0.2, 0) is 22.3 Å². The third kappa shape index (κ3) is 3.94. The van der Waals surface area contributed by atoms with Crippen molar-refractivity contribution in [3.63, 3.8) is 0 Å². The van der Waals surface area contributed by atoms with Crippen LogP contribution >= 0.6 is 0 Å². The average molecular weight is 293 g/mol. The van der Waals surface area contributed by atoms with Crippen LogP contribution in [0, 0.1) is 0 Å². The second-order valence-corrected chi connectivity index (χ2v) is 6.12. The lowest BCUT2D eigenvalue weighted by Crippen LogP contribution is -2.24. The number of hydrogen-bond donors (Lipinski definition) is 3. The Bertz CT molecular complexity index is 687. The van der Waals surface area contributed by atoms with Crippen molar-refractivity contribution in [1.82, 2.24) is 9.71 Å². The zero-order valence-electron chi connectivity index (χ0n) is 10.7. The molecule has 1 heterocycles. The number of anilines is 1. The summed E-state index contributed by atoms with van der Waals surface area (Å²) in [6.45, 7) is 0.0516. The van der Waals surface area contributed by atoms with Gasteiger partial charge in [-0.3, -0.25) is 0 Å². The Morgan fingerprint density at radius 1 is 1.20 bits per heavy atom. The van der Waals surface area contributed by atoms with Crippen LogP contribution in [0.15, 0.2) is 42.6 Å². The van der Waals surface area contributed by atoms with Gasteiger partial charge in [0, 0.05) is 12.7 Å². The Morgan fingerprint density at radius 2 is 1.90 bits per heavy atom. The minimum absolute atomic E-state index is 0.0147. The van der Waals surface area contributed by atoms with Crippen molar-refractivity contribution in [2.75, 3.05) is 5.73 Å². The lowest BCUT2D eigenvalue weighted by molar-refractivity contribution is 0.474. The third-order valence-electron chi connectivity index (χ3n) is 2.65. The molecule has 0 fully saturated rings. The van der Waals surface area contributed by atoms with Gasteiger partial charge in [-0.2, -0.15) is 0 Å². The van der Waals surface area contributed by atoms with Crippen LogP contribution < -0.4 is 10.5 Å². The normalized spacial score (nSPS) is 11.4. The van der Waals surface area contributed by atoms with E-state index in [2.05, 4.69) is 9.71 Å². The first-order valence-electron chi connectivity index (χ1n) is 5.91. The summed E-state index contributed by atoms with van der Waals surface area (Å²) in [5, 5.41) is 9.40. The summed E-state index contributed by atoms with van der Waals surface area (Å²) >= 11 is 0. The van der Waals surface area contributed by atoms with Crippen molar-refractivity contribution >= 4 is 15.8 Å². The lowest BCUT2D eigenvalue weighted by atomic mass is 10.2. The van der Waals surface area contributed by atoms with E-state index in [-0.39, 0.29) is 23.9 Å². The minimum Gasteiger partial charge on any atom is -0.504 e. The first-order valence-corrected chi connectivity index (χ1v) is 7.56. The minimum atomic E-state index is -3.45. The molecule has 7 heteroatoms. The summed E-state index contributed by atoms with van der Waals surface area (Å²) in [5.74, 6) is -0.243. The van der Waals surface area contributed by atoms with Gasteiger partial charge >= 0.3 is 0 Å². The van der Waals surface area contributed by atoms with E-state index in [1.807, 2.05) is 6.07 Å². The van der Waals surface area contributed by atoms with Gasteiger partial charge in [-0.15, -0.1) is 0 Å². The largest absolute Gasteiger partial charge is 0.504 e. The van der Waals surface area contributed by atoms with Crippen molar-refractivity contribution in [3.8, 4) is 5.75 Å². The fraction of sp³-hybridized carbons (Fsp3) is 0.154. The first kappa shape index (κ1) is 14.3. The Balaban J connectivity index is 2.00. The first-order chi connectivity index (χ1) is 9.46. The van der Waals surface area contributed by atoms with Crippen molar-refractivity contribution < 1.29 is 13.5 Å². The predicted octanol–water partition coefficient (Wildman–Crippen LogP) is 0.989. The summed E-state index contributed by atoms with van der Waals surface area (Å²) in [6, 6.07) is 10.3. The number of benzene rings is 1. The predicted molar refractivity (Wildman–Crippen MR) is 76.2 cm³/mol. The molecule has 0 unspecified atom stereocenters. The molecule has 0 radical (unpaired) electrons. The number of aromatic hydroxyl groups is 1. The molecular weight excluding hydrogens is 278 g/mol. The van der Waals surface area contributed by atoms with Crippen LogP contribution in [-0.4, -0.2) is 18.5 Å². The van der Waals surface area contributed by atoms with Crippen LogP contribution in [0.1, 0.15) is 11.1 Å². The Hall–Kier alpha value is -2.12. The number of sulfonamides is 1. The quantitative estimate of drug-likeness (QED) is 0.762. The molecule has 0 spiro atoms. The van der Waals surface area contributed by atoms with Gasteiger partial charge in [0.1, 0.15) is 0 Å². The van der Waals surface area contributed by atoms with Gasteiger partial charge < -0.3 is 10.8 Å². The van der Waals surface area contributed by atoms with Crippen LogP contribution in [0.5, 0.6) is 5.75 Å². The van der Waals surface area contributed by atoms with E-state index >= 15 is 0 Å². The Kier molecular flexibility index (Phi) is 4.21. The zero-order valence-corrected chi connectivity index (χ0v) is 11.5. The Morgan fingerprint density at radius 3 is 2.55 bits per heavy atom. The third-order valence-corrected chi connectivity index (χ3v) is 3.95. The lowest BCUT2D eigenvalue weighted by Gasteiger charge is -2.07. The number of rotatable bonds is 5. The summed E-state index contributed by atoms with van der Waals surface area (Å²) in [5.41, 5.74) is 6.62. The molecule has 20 heavy (non-hydrogen) atoms. The van der Waals surface area contributed by atoms with Crippen LogP contribution in [0.2, 0.25) is 0 Å². The van der Waals surface area contributed by atoms with E-state index in [9.17, 15) is 13.5 Å². The number of hydrogen-bond acceptors (Lipinski definition) is 5. The van der Waals surface area contributed by atoms with E-state index in [1.54, 1.807) is 24.3 Å². The van der Waals surface area contributed by atoms with Crippen LogP contribution in [0.3, 0.4) is 0 Å². The monoisotopic (exact) mass is 293 g/mol. The maximum absolute atomic E-state index is 11.9. The van der Waals surface area contributed by atoms with Crippen LogP contribution in [0.4, 0.5) is 5.82 Å². The van der Waals surface area contributed by atoms with Gasteiger partial charge in [0.25, 0.3) is 0 Å². The fourth-order valence-corrected chi connectivity index (χ4v) is 2.76. The molecule has 106 valence electrons. The van der Waals surface area contributed by atoms with E-state index in [1.165, 1.54) is 12.3 Å². The highest BCUT2D eigenvalue weighted by molar-refractivity contribution is 7.88. The average Bonchev–Trinajstić information content (AvgIpc) is 2.41. The SMILES string of the molecule is Nc1ncc(CNS(=O)(=O)Cc2ccccc2)cc1O. The van der Waals surface area contributed by atoms with Gasteiger partial charge in [-0.25, -0.2) is 18.1 Å². The standard InChI is InChI=1S/C13H15N3O3S/c14-13-12(17)6-11(7-15-13)8-16-20(18,19)9-10-4-2-1-3-5-10/h1-7,16-17H,8-9H2,(H2,14,15). The van der Waals surface area contributed by atoms with Gasteiger partial charge in [0.2, 0.25) is 10.0 Å². The van der Waals surface area contributed by atoms with E-state index in [4.69, 9.17) is 5.73 Å². The topological polar surface area (TPSA) is 105 Å². The second-order valence-electron chi connectivity index (χ2n) is 4.31. The smallest absolute Gasteiger partial charge is 0.216 e. The highest BCUT2D eigenvalue weighted by Crippen LogP contribution is 2.17. The van der Waals surface area contributed by atoms with Gasteiger partial charge in [0.05, 0.1) is 5.75 Å². The molecule has 0 aliphatic heterocycles. The van der Waals surface area contributed by atoms with Crippen molar-refractivity contribution in [2.45, 2.75) is 12.3 Å². The summed E-state index contributed by atoms with van der Waals surface area (Å²) in [6.07, 6.45) is 1.42. The molecule has 0 amide bonds. The summed E-state index contributed by atoms with van der Waals surface area (Å²) in [4.78, 5) is 3.76. The van der Waals surface area contributed by atoms with Crippen LogP contribution in [0.25, 0.3) is 0 Å². The molecular formula is C13H15N3O3S. The number of nitrogens with zero attached hydrogens (tertiary/aromatic N) is 1. The fourth-order valence-electron chi connectivity index (χ4n) is 1.64. The second kappa shape index (κ2) is 5.89. The number of nitrogens with two attached hydrogens (primary N) is 1. The van der Waals surface area contributed by atoms with E-state index in [0.717, 1.165) is 0 Å². The van der Waals surface area contributed by atoms with E-state index < -0.39 is 10.0 Å². The number of pyridine rings is 1. The molecule has 0 saturated heterocycles. The number of aromatic nitrogens is 1. The molecule has 1 aromatic carbocycles. The van der Waals surface area contributed by atoms with Gasteiger partial charge in [-0.1, -0.05) is 30.3 Å². The molecule has 2 rings (SSSR count). The molecule has 0 aliphatic carbocycles. The highest BCUT2D eigenvalue weighted by atomic mass is 32.2. The number of nitrogens with one attached hydrogen (secondary N) is 1. The van der Waals surface area contributed by atoms with Gasteiger partial charge in [-0.05, 0) is 17.2 Å². The van der Waals surface area contributed by atoms with Crippen molar-refractivity contribution in [1.29, 1.82) is 0 Å². The molecule has 4 N–H and O–H groups in total. The summed E-state index contributed by atoms with van der Waals surface area (Å²) < 4.78 is 26.3. The molecule has 0 saturated carbocycles. The maximum Gasteiger partial charge on any atom is 0.216 e. The number of nitrogen functional groups attached to an aromatic ring is 1. The van der Waals surface area contributed by atoms with Crippen molar-refractivity contribution in [3.05, 3.63) is 53.7 Å². The Labute approximate surface area is 117 Å².